The predicted molar refractivity (Wildman–Crippen MR) is 72.6 cm³/mol. The van der Waals surface area contributed by atoms with E-state index < -0.39 is 26.7 Å². The first-order valence-electron chi connectivity index (χ1n) is 5.52. The molecule has 0 bridgehead atoms. The minimum Gasteiger partial charge on any atom is -0.356 e. The van der Waals surface area contributed by atoms with Crippen LogP contribution in [0.4, 0.5) is 0 Å². The van der Waals surface area contributed by atoms with Gasteiger partial charge in [-0.1, -0.05) is 0 Å². The number of primary sulfonamides is 1. The molecule has 7 nitrogen and oxygen atoms in total. The monoisotopic (exact) mass is 307 g/mol. The highest BCUT2D eigenvalue weighted by atomic mass is 32.2. The molecule has 0 saturated heterocycles. The van der Waals surface area contributed by atoms with Crippen LogP contribution in [0.5, 0.6) is 0 Å². The number of nitrogens with two attached hydrogens (primary N) is 1. The molecule has 1 aromatic heterocycles. The summed E-state index contributed by atoms with van der Waals surface area (Å²) in [7, 11) is -4.72. The zero-order valence-corrected chi connectivity index (χ0v) is 12.3. The molecule has 2 unspecified atom stereocenters. The molecule has 1 rings (SSSR count). The summed E-state index contributed by atoms with van der Waals surface area (Å²) in [5, 5.41) is 7.62. The third-order valence-electron chi connectivity index (χ3n) is 2.45. The quantitative estimate of drug-likeness (QED) is 0.658. The number of sulfonamides is 1. The van der Waals surface area contributed by atoms with Crippen LogP contribution in [0.3, 0.4) is 0 Å². The van der Waals surface area contributed by atoms with Crippen molar-refractivity contribution in [3.05, 3.63) is 18.0 Å². The minimum absolute atomic E-state index is 0.119. The van der Waals surface area contributed by atoms with Gasteiger partial charge in [-0.2, -0.15) is 0 Å². The molecule has 0 saturated carbocycles. The summed E-state index contributed by atoms with van der Waals surface area (Å²) < 4.78 is 33.1. The molecule has 4 N–H and O–H groups in total. The van der Waals surface area contributed by atoms with Crippen LogP contribution < -0.4 is 10.5 Å². The van der Waals surface area contributed by atoms with E-state index in [2.05, 4.69) is 10.3 Å². The number of carbonyl (C=O) groups is 1. The average molecular weight is 307 g/mol. The van der Waals surface area contributed by atoms with Crippen molar-refractivity contribution in [3.8, 4) is 0 Å². The number of rotatable bonds is 6. The van der Waals surface area contributed by atoms with E-state index in [1.54, 1.807) is 13.2 Å². The normalized spacial score (nSPS) is 14.9. The van der Waals surface area contributed by atoms with E-state index >= 15 is 0 Å². The molecule has 0 aliphatic heterocycles. The lowest BCUT2D eigenvalue weighted by Crippen LogP contribution is -2.33. The van der Waals surface area contributed by atoms with Crippen LogP contribution in [0.15, 0.2) is 17.2 Å². The molecular formula is C10H17N3O4S2. The van der Waals surface area contributed by atoms with Crippen molar-refractivity contribution in [2.45, 2.75) is 24.3 Å². The summed E-state index contributed by atoms with van der Waals surface area (Å²) in [5.74, 6) is 0.0681. The van der Waals surface area contributed by atoms with Crippen LogP contribution in [-0.2, 0) is 20.8 Å². The maximum atomic E-state index is 11.8. The number of aromatic nitrogens is 1. The van der Waals surface area contributed by atoms with Crippen LogP contribution in [0.1, 0.15) is 23.8 Å². The van der Waals surface area contributed by atoms with Gasteiger partial charge in [-0.05, 0) is 19.4 Å². The Morgan fingerprint density at radius 3 is 2.68 bits per heavy atom. The summed E-state index contributed by atoms with van der Waals surface area (Å²) in [6.45, 7) is 1.79. The van der Waals surface area contributed by atoms with Crippen LogP contribution in [0, 0.1) is 0 Å². The maximum Gasteiger partial charge on any atom is 0.267 e. The van der Waals surface area contributed by atoms with Gasteiger partial charge in [0.2, 0.25) is 10.0 Å². The van der Waals surface area contributed by atoms with E-state index in [1.807, 2.05) is 0 Å². The first-order valence-corrected chi connectivity index (χ1v) is 8.79. The summed E-state index contributed by atoms with van der Waals surface area (Å²) in [6.07, 6.45) is 3.34. The van der Waals surface area contributed by atoms with Crippen LogP contribution >= 0.6 is 0 Å². The fourth-order valence-electron chi connectivity index (χ4n) is 1.39. The SMILES string of the molecule is CC(CCS(C)=O)NC(=O)c1cc(S(N)(=O)=O)c[nH]1. The van der Waals surface area contributed by atoms with Crippen molar-refractivity contribution < 1.29 is 17.4 Å². The Labute approximate surface area is 114 Å². The van der Waals surface area contributed by atoms with Gasteiger partial charge in [-0.25, -0.2) is 13.6 Å². The minimum atomic E-state index is -3.82. The van der Waals surface area contributed by atoms with Crippen molar-refractivity contribution in [1.29, 1.82) is 0 Å². The smallest absolute Gasteiger partial charge is 0.267 e. The summed E-state index contributed by atoms with van der Waals surface area (Å²) >= 11 is 0. The number of H-pyrrole nitrogens is 1. The van der Waals surface area contributed by atoms with Gasteiger partial charge in [0.1, 0.15) is 5.69 Å². The van der Waals surface area contributed by atoms with Gasteiger partial charge in [0.15, 0.2) is 0 Å². The Morgan fingerprint density at radius 2 is 2.21 bits per heavy atom. The second-order valence-corrected chi connectivity index (χ2v) is 7.35. The largest absolute Gasteiger partial charge is 0.356 e. The van der Waals surface area contributed by atoms with E-state index in [4.69, 9.17) is 5.14 Å². The molecule has 0 radical (unpaired) electrons. The van der Waals surface area contributed by atoms with E-state index in [0.29, 0.717) is 12.2 Å². The van der Waals surface area contributed by atoms with Crippen molar-refractivity contribution in [3.63, 3.8) is 0 Å². The Kier molecular flexibility index (Phi) is 5.27. The van der Waals surface area contributed by atoms with Gasteiger partial charge in [-0.15, -0.1) is 0 Å². The van der Waals surface area contributed by atoms with E-state index in [-0.39, 0.29) is 16.6 Å². The van der Waals surface area contributed by atoms with Gasteiger partial charge in [0, 0.05) is 35.0 Å². The van der Waals surface area contributed by atoms with Gasteiger partial charge in [0.05, 0.1) is 4.90 Å². The first kappa shape index (κ1) is 15.9. The van der Waals surface area contributed by atoms with Crippen molar-refractivity contribution in [2.24, 2.45) is 5.14 Å². The third kappa shape index (κ3) is 5.13. The number of nitrogens with one attached hydrogen (secondary N) is 2. The molecule has 0 aliphatic carbocycles. The fourth-order valence-corrected chi connectivity index (χ4v) is 2.58. The number of aromatic amines is 1. The van der Waals surface area contributed by atoms with E-state index in [1.165, 1.54) is 6.07 Å². The van der Waals surface area contributed by atoms with Crippen LogP contribution in [0.2, 0.25) is 0 Å². The lowest BCUT2D eigenvalue weighted by Gasteiger charge is -2.12. The molecule has 1 amide bonds. The number of carbonyl (C=O) groups excluding carboxylic acids is 1. The first-order chi connectivity index (χ1) is 8.70. The number of hydrogen-bond acceptors (Lipinski definition) is 4. The molecule has 0 fully saturated rings. The summed E-state index contributed by atoms with van der Waals surface area (Å²) in [4.78, 5) is 14.2. The highest BCUT2D eigenvalue weighted by Gasteiger charge is 2.16. The predicted octanol–water partition coefficient (Wildman–Crippen LogP) is -0.451. The Bertz CT molecular complexity index is 579. The topological polar surface area (TPSA) is 122 Å². The fraction of sp³-hybridized carbons (Fsp3) is 0.500. The molecule has 9 heteroatoms. The standard InChI is InChI=1S/C10H17N3O4S2/c1-7(3-4-18(2)15)13-10(14)9-5-8(6-12-9)19(11,16)17/h5-7,12H,3-4H2,1-2H3,(H,13,14)(H2,11,16,17). The second kappa shape index (κ2) is 6.31. The maximum absolute atomic E-state index is 11.8. The Morgan fingerprint density at radius 1 is 1.58 bits per heavy atom. The lowest BCUT2D eigenvalue weighted by molar-refractivity contribution is 0.0935. The molecule has 108 valence electrons. The Balaban J connectivity index is 2.64. The molecule has 2 atom stereocenters. The zero-order chi connectivity index (χ0) is 14.6. The zero-order valence-electron chi connectivity index (χ0n) is 10.7. The van der Waals surface area contributed by atoms with Gasteiger partial charge < -0.3 is 10.3 Å². The average Bonchev–Trinajstić information content (AvgIpc) is 2.75. The highest BCUT2D eigenvalue weighted by molar-refractivity contribution is 7.89. The molecule has 19 heavy (non-hydrogen) atoms. The van der Waals surface area contributed by atoms with Crippen molar-refractivity contribution in [2.75, 3.05) is 12.0 Å². The molecule has 1 heterocycles. The Hall–Kier alpha value is -1.19. The van der Waals surface area contributed by atoms with Crippen LogP contribution in [-0.4, -0.2) is 41.6 Å². The number of amides is 1. The second-order valence-electron chi connectivity index (χ2n) is 4.23. The van der Waals surface area contributed by atoms with Gasteiger partial charge in [-0.3, -0.25) is 9.00 Å². The molecular weight excluding hydrogens is 290 g/mol. The third-order valence-corrected chi connectivity index (χ3v) is 4.15. The van der Waals surface area contributed by atoms with Gasteiger partial charge in [0.25, 0.3) is 5.91 Å². The molecule has 1 aromatic rings. The molecule has 0 spiro atoms. The summed E-state index contributed by atoms with van der Waals surface area (Å²) in [5.41, 5.74) is 0.119. The van der Waals surface area contributed by atoms with Crippen molar-refractivity contribution >= 4 is 26.7 Å². The van der Waals surface area contributed by atoms with Crippen molar-refractivity contribution in [1.82, 2.24) is 10.3 Å². The van der Waals surface area contributed by atoms with E-state index in [9.17, 15) is 17.4 Å². The number of hydrogen-bond donors (Lipinski definition) is 3. The lowest BCUT2D eigenvalue weighted by atomic mass is 10.2. The van der Waals surface area contributed by atoms with E-state index in [0.717, 1.165) is 6.20 Å². The molecule has 0 aliphatic rings. The highest BCUT2D eigenvalue weighted by Crippen LogP contribution is 2.08. The summed E-state index contributed by atoms with van der Waals surface area (Å²) in [6, 6.07) is 1.02. The van der Waals surface area contributed by atoms with Crippen LogP contribution in [0.25, 0.3) is 0 Å². The molecule has 0 aromatic carbocycles. The van der Waals surface area contributed by atoms with Gasteiger partial charge >= 0.3 is 0 Å².